The Morgan fingerprint density at radius 2 is 2.04 bits per heavy atom. The number of sulfonamides is 1. The highest BCUT2D eigenvalue weighted by Gasteiger charge is 2.16. The largest absolute Gasteiger partial charge is 0.350 e. The van der Waals surface area contributed by atoms with E-state index in [1.165, 1.54) is 6.07 Å². The van der Waals surface area contributed by atoms with Crippen molar-refractivity contribution >= 4 is 38.6 Å². The molecular formula is C17H20N4O3S3. The maximum atomic E-state index is 12.4. The normalized spacial score (nSPS) is 11.7. The monoisotopic (exact) mass is 424 g/mol. The highest BCUT2D eigenvalue weighted by Crippen LogP contribution is 2.28. The molecule has 0 saturated heterocycles. The average molecular weight is 425 g/mol. The average Bonchev–Trinajstić information content (AvgIpc) is 3.28. The van der Waals surface area contributed by atoms with Crippen LogP contribution in [0.25, 0.3) is 11.3 Å². The first-order valence-corrected chi connectivity index (χ1v) is 11.4. The first-order valence-electron chi connectivity index (χ1n) is 8.12. The summed E-state index contributed by atoms with van der Waals surface area (Å²) in [4.78, 5) is 17.6. The topological polar surface area (TPSA) is 107 Å². The Balaban J connectivity index is 1.68. The van der Waals surface area contributed by atoms with Crippen LogP contribution < -0.4 is 10.5 Å². The maximum absolute atomic E-state index is 12.4. The van der Waals surface area contributed by atoms with Crippen molar-refractivity contribution in [2.45, 2.75) is 38.1 Å². The molecule has 3 rings (SSSR count). The number of carbonyl (C=O) groups excluding carboxylic acids is 1. The van der Waals surface area contributed by atoms with Crippen molar-refractivity contribution in [3.8, 4) is 11.3 Å². The Hall–Kier alpha value is -2.01. The molecule has 0 aliphatic heterocycles. The summed E-state index contributed by atoms with van der Waals surface area (Å²) >= 11 is 2.65. The smallest absolute Gasteiger partial charge is 0.247 e. The lowest BCUT2D eigenvalue weighted by Crippen LogP contribution is -2.27. The molecule has 0 aliphatic carbocycles. The number of thiazole rings is 1. The van der Waals surface area contributed by atoms with Gasteiger partial charge in [0.25, 0.3) is 0 Å². The van der Waals surface area contributed by atoms with Gasteiger partial charge in [0, 0.05) is 27.2 Å². The molecule has 3 heterocycles. The van der Waals surface area contributed by atoms with Crippen molar-refractivity contribution in [1.29, 1.82) is 0 Å². The number of nitrogens with two attached hydrogens (primary N) is 1. The lowest BCUT2D eigenvalue weighted by molar-refractivity contribution is -0.121. The molecule has 3 N–H and O–H groups in total. The van der Waals surface area contributed by atoms with E-state index in [9.17, 15) is 13.2 Å². The Labute approximate surface area is 165 Å². The molecule has 0 spiro atoms. The first kappa shape index (κ1) is 19.7. The zero-order valence-corrected chi connectivity index (χ0v) is 17.6. The van der Waals surface area contributed by atoms with Gasteiger partial charge in [0.1, 0.15) is 10.8 Å². The number of hydrogen-bond donors (Lipinski definition) is 2. The number of thiophene rings is 1. The highest BCUT2D eigenvalue weighted by atomic mass is 32.2. The number of aromatic nitrogens is 2. The van der Waals surface area contributed by atoms with Crippen molar-refractivity contribution in [3.63, 3.8) is 0 Å². The van der Waals surface area contributed by atoms with Crippen molar-refractivity contribution in [2.24, 2.45) is 5.14 Å². The van der Waals surface area contributed by atoms with Crippen LogP contribution in [0.15, 0.2) is 27.8 Å². The van der Waals surface area contributed by atoms with Gasteiger partial charge in [-0.15, -0.1) is 22.7 Å². The van der Waals surface area contributed by atoms with Crippen molar-refractivity contribution < 1.29 is 13.2 Å². The van der Waals surface area contributed by atoms with Gasteiger partial charge in [-0.1, -0.05) is 0 Å². The zero-order chi connectivity index (χ0) is 19.8. The molecule has 0 aliphatic rings. The summed E-state index contributed by atoms with van der Waals surface area (Å²) in [7, 11) is -3.71. The van der Waals surface area contributed by atoms with E-state index in [-0.39, 0.29) is 23.2 Å². The number of amides is 1. The predicted octanol–water partition coefficient (Wildman–Crippen LogP) is 2.56. The van der Waals surface area contributed by atoms with Crippen LogP contribution in [0.2, 0.25) is 0 Å². The summed E-state index contributed by atoms with van der Waals surface area (Å²) in [5.41, 5.74) is 3.92. The van der Waals surface area contributed by atoms with Gasteiger partial charge in [-0.2, -0.15) is 0 Å². The highest BCUT2D eigenvalue weighted by molar-refractivity contribution is 7.91. The van der Waals surface area contributed by atoms with Crippen molar-refractivity contribution in [2.75, 3.05) is 0 Å². The first-order chi connectivity index (χ1) is 12.6. The Bertz CT molecular complexity index is 1090. The molecule has 10 heteroatoms. The molecule has 0 radical (unpaired) electrons. The van der Waals surface area contributed by atoms with E-state index in [0.29, 0.717) is 0 Å². The second-order valence-electron chi connectivity index (χ2n) is 6.17. The zero-order valence-electron chi connectivity index (χ0n) is 15.1. The number of hydrogen-bond acceptors (Lipinski definition) is 6. The van der Waals surface area contributed by atoms with Gasteiger partial charge in [-0.25, -0.2) is 18.5 Å². The van der Waals surface area contributed by atoms with Crippen LogP contribution in [0, 0.1) is 20.8 Å². The van der Waals surface area contributed by atoms with Crippen LogP contribution in [0.4, 0.5) is 0 Å². The number of primary sulfonamides is 1. The third kappa shape index (κ3) is 4.46. The maximum Gasteiger partial charge on any atom is 0.247 e. The lowest BCUT2D eigenvalue weighted by Gasteiger charge is -2.10. The van der Waals surface area contributed by atoms with E-state index in [1.54, 1.807) is 17.4 Å². The number of aryl methyl sites for hydroxylation is 2. The van der Waals surface area contributed by atoms with E-state index in [4.69, 9.17) is 5.14 Å². The van der Waals surface area contributed by atoms with E-state index in [0.717, 1.165) is 43.9 Å². The van der Waals surface area contributed by atoms with Crippen LogP contribution in [-0.2, 0) is 27.9 Å². The minimum atomic E-state index is -3.71. The molecule has 0 aromatic carbocycles. The third-order valence-electron chi connectivity index (χ3n) is 4.15. The molecule has 0 fully saturated rings. The molecule has 0 bridgehead atoms. The standard InChI is InChI=1S/C17H20N4O3S3/c1-10-6-14(15-9-25-12(3)20-15)11(2)21(10)8-16(22)19-7-13-4-5-17(26-13)27(18,23)24/h4-6,9H,7-8H2,1-3H3,(H,19,22)(H2,18,23,24). The molecule has 3 aromatic heterocycles. The molecule has 1 amide bonds. The fourth-order valence-electron chi connectivity index (χ4n) is 2.78. The Morgan fingerprint density at radius 1 is 1.30 bits per heavy atom. The summed E-state index contributed by atoms with van der Waals surface area (Å²) in [5.74, 6) is -0.150. The van der Waals surface area contributed by atoms with Crippen LogP contribution in [-0.4, -0.2) is 23.9 Å². The molecule has 3 aromatic rings. The molecule has 0 unspecified atom stereocenters. The van der Waals surface area contributed by atoms with Gasteiger partial charge in [-0.05, 0) is 39.0 Å². The van der Waals surface area contributed by atoms with Crippen LogP contribution >= 0.6 is 22.7 Å². The third-order valence-corrected chi connectivity index (χ3v) is 7.44. The quantitative estimate of drug-likeness (QED) is 0.634. The lowest BCUT2D eigenvalue weighted by atomic mass is 10.2. The summed E-state index contributed by atoms with van der Waals surface area (Å²) in [6, 6.07) is 5.14. The van der Waals surface area contributed by atoms with E-state index in [2.05, 4.69) is 10.3 Å². The van der Waals surface area contributed by atoms with Gasteiger partial charge in [0.15, 0.2) is 0 Å². The second-order valence-corrected chi connectivity index (χ2v) is 10.2. The fourth-order valence-corrected chi connectivity index (χ4v) is 5.11. The van der Waals surface area contributed by atoms with E-state index < -0.39 is 10.0 Å². The molecule has 27 heavy (non-hydrogen) atoms. The predicted molar refractivity (Wildman–Crippen MR) is 107 cm³/mol. The minimum absolute atomic E-state index is 0.0899. The van der Waals surface area contributed by atoms with Gasteiger partial charge in [0.2, 0.25) is 15.9 Å². The van der Waals surface area contributed by atoms with Crippen LogP contribution in [0.1, 0.15) is 21.3 Å². The number of rotatable bonds is 6. The van der Waals surface area contributed by atoms with Crippen LogP contribution in [0.3, 0.4) is 0 Å². The van der Waals surface area contributed by atoms with Crippen molar-refractivity contribution in [3.05, 3.63) is 44.9 Å². The number of carbonyl (C=O) groups is 1. The number of nitrogens with one attached hydrogen (secondary N) is 1. The molecule has 0 saturated carbocycles. The summed E-state index contributed by atoms with van der Waals surface area (Å²) in [6.07, 6.45) is 0. The minimum Gasteiger partial charge on any atom is -0.350 e. The SMILES string of the molecule is Cc1nc(-c2cc(C)n(CC(=O)NCc3ccc(S(N)(=O)=O)s3)c2C)cs1. The summed E-state index contributed by atoms with van der Waals surface area (Å²) < 4.78 is 24.7. The molecule has 0 atom stereocenters. The second kappa shape index (κ2) is 7.55. The van der Waals surface area contributed by atoms with E-state index >= 15 is 0 Å². The number of nitrogens with zero attached hydrogens (tertiary/aromatic N) is 2. The molecule has 7 nitrogen and oxygen atoms in total. The van der Waals surface area contributed by atoms with Crippen LogP contribution in [0.5, 0.6) is 0 Å². The van der Waals surface area contributed by atoms with Gasteiger partial charge >= 0.3 is 0 Å². The Kier molecular flexibility index (Phi) is 5.52. The van der Waals surface area contributed by atoms with Gasteiger partial charge in [0.05, 0.1) is 17.2 Å². The van der Waals surface area contributed by atoms with Crippen molar-refractivity contribution in [1.82, 2.24) is 14.9 Å². The summed E-state index contributed by atoms with van der Waals surface area (Å²) in [6.45, 7) is 6.35. The Morgan fingerprint density at radius 3 is 2.63 bits per heavy atom. The molecular weight excluding hydrogens is 404 g/mol. The van der Waals surface area contributed by atoms with Gasteiger partial charge < -0.3 is 9.88 Å². The molecule has 144 valence electrons. The van der Waals surface area contributed by atoms with Gasteiger partial charge in [-0.3, -0.25) is 4.79 Å². The summed E-state index contributed by atoms with van der Waals surface area (Å²) in [5, 5.41) is 10.9. The van der Waals surface area contributed by atoms with E-state index in [1.807, 2.05) is 36.8 Å². The fraction of sp³-hybridized carbons (Fsp3) is 0.294.